The molecule has 2 rings (SSSR count). The molecule has 8 heteroatoms. The number of benzene rings is 1. The molecule has 132 valence electrons. The molecule has 0 amide bonds. The molecule has 1 heterocycles. The van der Waals surface area contributed by atoms with Crippen LogP contribution in [-0.4, -0.2) is 31.1 Å². The van der Waals surface area contributed by atoms with Gasteiger partial charge in [0.25, 0.3) is 0 Å². The highest BCUT2D eigenvalue weighted by Crippen LogP contribution is 2.17. The fourth-order valence-corrected chi connectivity index (χ4v) is 3.05. The van der Waals surface area contributed by atoms with Crippen LogP contribution in [0.3, 0.4) is 0 Å². The first kappa shape index (κ1) is 21.2. The molecule has 2 N–H and O–H groups in total. The molecule has 0 atom stereocenters. The highest BCUT2D eigenvalue weighted by molar-refractivity contribution is 14.0. The molecule has 0 saturated carbocycles. The maximum absolute atomic E-state index is 5.68. The van der Waals surface area contributed by atoms with Crippen molar-refractivity contribution in [3.05, 3.63) is 44.8 Å². The van der Waals surface area contributed by atoms with E-state index in [4.69, 9.17) is 4.74 Å². The summed E-state index contributed by atoms with van der Waals surface area (Å²) in [6.45, 7) is 4.05. The predicted octanol–water partition coefficient (Wildman–Crippen LogP) is 3.83. The van der Waals surface area contributed by atoms with Crippen molar-refractivity contribution >= 4 is 57.2 Å². The highest BCUT2D eigenvalue weighted by Gasteiger charge is 2.02. The molecule has 0 bridgehead atoms. The molecule has 0 fully saturated rings. The van der Waals surface area contributed by atoms with E-state index >= 15 is 0 Å². The Hall–Kier alpha value is -0.870. The number of hydrogen-bond donors (Lipinski definition) is 2. The summed E-state index contributed by atoms with van der Waals surface area (Å²) in [5.41, 5.74) is 0. The van der Waals surface area contributed by atoms with E-state index in [9.17, 15) is 0 Å². The normalized spacial score (nSPS) is 10.9. The van der Waals surface area contributed by atoms with Crippen molar-refractivity contribution < 1.29 is 4.74 Å². The van der Waals surface area contributed by atoms with Crippen LogP contribution in [0.25, 0.3) is 0 Å². The summed E-state index contributed by atoms with van der Waals surface area (Å²) in [6, 6.07) is 7.80. The zero-order chi connectivity index (χ0) is 16.5. The van der Waals surface area contributed by atoms with Crippen molar-refractivity contribution in [3.63, 3.8) is 0 Å². The van der Waals surface area contributed by atoms with Crippen LogP contribution in [0.15, 0.2) is 39.9 Å². The van der Waals surface area contributed by atoms with Gasteiger partial charge in [-0.25, -0.2) is 4.98 Å². The van der Waals surface area contributed by atoms with Crippen molar-refractivity contribution in [2.45, 2.75) is 19.9 Å². The van der Waals surface area contributed by atoms with E-state index in [1.807, 2.05) is 30.5 Å². The maximum Gasteiger partial charge on any atom is 0.191 e. The summed E-state index contributed by atoms with van der Waals surface area (Å²) in [6.07, 6.45) is 2.96. The number of aryl methyl sites for hydroxylation is 1. The average molecular weight is 525 g/mol. The number of aliphatic imine (C=N–C) groups is 1. The molecule has 0 aliphatic rings. The lowest BCUT2D eigenvalue weighted by Crippen LogP contribution is -2.38. The number of ether oxygens (including phenoxy) is 1. The van der Waals surface area contributed by atoms with Gasteiger partial charge in [0, 0.05) is 22.6 Å². The van der Waals surface area contributed by atoms with Crippen LogP contribution in [0.2, 0.25) is 0 Å². The minimum atomic E-state index is 0. The zero-order valence-corrected chi connectivity index (χ0v) is 18.4. The number of aromatic nitrogens is 1. The summed E-state index contributed by atoms with van der Waals surface area (Å²) in [4.78, 5) is 9.88. The van der Waals surface area contributed by atoms with Crippen molar-refractivity contribution in [2.24, 2.45) is 4.99 Å². The second kappa shape index (κ2) is 11.6. The second-order valence-electron chi connectivity index (χ2n) is 4.73. The zero-order valence-electron chi connectivity index (χ0n) is 13.7. The van der Waals surface area contributed by atoms with Crippen molar-refractivity contribution in [1.82, 2.24) is 15.6 Å². The summed E-state index contributed by atoms with van der Waals surface area (Å²) < 4.78 is 6.69. The first-order valence-corrected chi connectivity index (χ1v) is 9.08. The molecule has 24 heavy (non-hydrogen) atoms. The van der Waals surface area contributed by atoms with Gasteiger partial charge in [-0.1, -0.05) is 28.9 Å². The predicted molar refractivity (Wildman–Crippen MR) is 115 cm³/mol. The van der Waals surface area contributed by atoms with Gasteiger partial charge in [-0.05, 0) is 24.6 Å². The monoisotopic (exact) mass is 524 g/mol. The third kappa shape index (κ3) is 7.35. The smallest absolute Gasteiger partial charge is 0.191 e. The minimum Gasteiger partial charge on any atom is -0.492 e. The SMILES string of the molecule is CCc1cnc(CNC(=NC)NCCOc2cccc(Br)c2)s1.I. The Morgan fingerprint density at radius 2 is 2.21 bits per heavy atom. The molecule has 1 aromatic carbocycles. The summed E-state index contributed by atoms with van der Waals surface area (Å²) in [5, 5.41) is 7.54. The Morgan fingerprint density at radius 3 is 2.88 bits per heavy atom. The molecule has 0 aliphatic carbocycles. The van der Waals surface area contributed by atoms with Crippen LogP contribution in [0.5, 0.6) is 5.75 Å². The fourth-order valence-electron chi connectivity index (χ4n) is 1.87. The van der Waals surface area contributed by atoms with Crippen molar-refractivity contribution in [2.75, 3.05) is 20.2 Å². The van der Waals surface area contributed by atoms with E-state index in [1.165, 1.54) is 4.88 Å². The van der Waals surface area contributed by atoms with Gasteiger partial charge in [-0.3, -0.25) is 4.99 Å². The van der Waals surface area contributed by atoms with E-state index in [2.05, 4.69) is 43.5 Å². The van der Waals surface area contributed by atoms with Crippen LogP contribution < -0.4 is 15.4 Å². The molecule has 0 radical (unpaired) electrons. The van der Waals surface area contributed by atoms with Gasteiger partial charge in [0.15, 0.2) is 5.96 Å². The fraction of sp³-hybridized carbons (Fsp3) is 0.375. The van der Waals surface area contributed by atoms with E-state index in [0.29, 0.717) is 19.7 Å². The Balaban J connectivity index is 0.00000288. The maximum atomic E-state index is 5.68. The number of halogens is 2. The summed E-state index contributed by atoms with van der Waals surface area (Å²) in [7, 11) is 1.75. The lowest BCUT2D eigenvalue weighted by Gasteiger charge is -2.11. The van der Waals surface area contributed by atoms with Gasteiger partial charge in [-0.2, -0.15) is 0 Å². The number of guanidine groups is 1. The lowest BCUT2D eigenvalue weighted by molar-refractivity contribution is 0.321. The topological polar surface area (TPSA) is 58.5 Å². The highest BCUT2D eigenvalue weighted by atomic mass is 127. The number of nitrogens with one attached hydrogen (secondary N) is 2. The van der Waals surface area contributed by atoms with Gasteiger partial charge < -0.3 is 15.4 Å². The Kier molecular flexibility index (Phi) is 10.3. The molecule has 1 aromatic heterocycles. The molecule has 0 unspecified atom stereocenters. The molecule has 0 aliphatic heterocycles. The molecule has 0 spiro atoms. The van der Waals surface area contributed by atoms with E-state index in [-0.39, 0.29) is 24.0 Å². The van der Waals surface area contributed by atoms with Crippen molar-refractivity contribution in [1.29, 1.82) is 0 Å². The van der Waals surface area contributed by atoms with Gasteiger partial charge in [0.2, 0.25) is 0 Å². The van der Waals surface area contributed by atoms with Gasteiger partial charge in [0.05, 0.1) is 13.1 Å². The van der Waals surface area contributed by atoms with Crippen LogP contribution in [0, 0.1) is 0 Å². The summed E-state index contributed by atoms with van der Waals surface area (Å²) >= 11 is 5.15. The third-order valence-electron chi connectivity index (χ3n) is 3.04. The average Bonchev–Trinajstić information content (AvgIpc) is 3.02. The first-order valence-electron chi connectivity index (χ1n) is 7.47. The number of thiazole rings is 1. The van der Waals surface area contributed by atoms with Crippen molar-refractivity contribution in [3.8, 4) is 5.75 Å². The quantitative estimate of drug-likeness (QED) is 0.250. The van der Waals surface area contributed by atoms with Crippen LogP contribution in [0.1, 0.15) is 16.8 Å². The molecule has 2 aromatic rings. The molecule has 5 nitrogen and oxygen atoms in total. The van der Waals surface area contributed by atoms with E-state index in [1.54, 1.807) is 18.4 Å². The van der Waals surface area contributed by atoms with Gasteiger partial charge >= 0.3 is 0 Å². The Bertz CT molecular complexity index is 651. The Labute approximate surface area is 172 Å². The lowest BCUT2D eigenvalue weighted by atomic mass is 10.3. The number of rotatable bonds is 7. The van der Waals surface area contributed by atoms with E-state index < -0.39 is 0 Å². The second-order valence-corrected chi connectivity index (χ2v) is 6.85. The summed E-state index contributed by atoms with van der Waals surface area (Å²) in [5.74, 6) is 1.59. The largest absolute Gasteiger partial charge is 0.492 e. The third-order valence-corrected chi connectivity index (χ3v) is 4.67. The van der Waals surface area contributed by atoms with Crippen LogP contribution >= 0.6 is 51.2 Å². The first-order chi connectivity index (χ1) is 11.2. The van der Waals surface area contributed by atoms with E-state index in [0.717, 1.165) is 27.6 Å². The van der Waals surface area contributed by atoms with Gasteiger partial charge in [0.1, 0.15) is 17.4 Å². The standard InChI is InChI=1S/C16H21BrN4OS.HI/c1-3-14-10-20-15(23-14)11-21-16(18-2)19-7-8-22-13-6-4-5-12(17)9-13;/h4-6,9-10H,3,7-8,11H2,1-2H3,(H2,18,19,21);1H. The van der Waals surface area contributed by atoms with Crippen LogP contribution in [0.4, 0.5) is 0 Å². The van der Waals surface area contributed by atoms with Crippen LogP contribution in [-0.2, 0) is 13.0 Å². The Morgan fingerprint density at radius 1 is 1.38 bits per heavy atom. The number of nitrogens with zero attached hydrogens (tertiary/aromatic N) is 2. The molecular weight excluding hydrogens is 503 g/mol. The molecule has 0 saturated heterocycles. The minimum absolute atomic E-state index is 0. The number of hydrogen-bond acceptors (Lipinski definition) is 4. The van der Waals surface area contributed by atoms with Gasteiger partial charge in [-0.15, -0.1) is 35.3 Å². The molecular formula is C16H22BrIN4OS.